The second-order valence-corrected chi connectivity index (χ2v) is 8.47. The van der Waals surface area contributed by atoms with E-state index in [4.69, 9.17) is 18.9 Å². The predicted octanol–water partition coefficient (Wildman–Crippen LogP) is 5.61. The van der Waals surface area contributed by atoms with Crippen molar-refractivity contribution in [2.75, 3.05) is 13.2 Å². The fourth-order valence-corrected chi connectivity index (χ4v) is 2.96. The van der Waals surface area contributed by atoms with Gasteiger partial charge in [0.25, 0.3) is 0 Å². The van der Waals surface area contributed by atoms with Crippen LogP contribution in [0.2, 0.25) is 0 Å². The smallest absolute Gasteiger partial charge is 0.333 e. The van der Waals surface area contributed by atoms with Crippen LogP contribution in [0.3, 0.4) is 0 Å². The third-order valence-corrected chi connectivity index (χ3v) is 5.04. The lowest BCUT2D eigenvalue weighted by Crippen LogP contribution is -2.22. The summed E-state index contributed by atoms with van der Waals surface area (Å²) in [5.41, 5.74) is 3.01. The van der Waals surface area contributed by atoms with Crippen molar-refractivity contribution in [1.29, 1.82) is 0 Å². The molecule has 2 rings (SSSR count). The van der Waals surface area contributed by atoms with Gasteiger partial charge < -0.3 is 18.9 Å². The van der Waals surface area contributed by atoms with E-state index in [-0.39, 0.29) is 31.3 Å². The number of hydrogen-bond acceptors (Lipinski definition) is 6. The molecule has 2 atom stereocenters. The van der Waals surface area contributed by atoms with Gasteiger partial charge in [0.1, 0.15) is 36.9 Å². The average molecular weight is 467 g/mol. The summed E-state index contributed by atoms with van der Waals surface area (Å²) in [7, 11) is 0. The SMILES string of the molecule is C=C(C)C(=O)OC(C)COc1ccc(C(C)c2ccc(OCC(C)OC(=O)C(=C)C)cc2)cc1. The second-order valence-electron chi connectivity index (χ2n) is 8.47. The summed E-state index contributed by atoms with van der Waals surface area (Å²) in [6.07, 6.45) is -0.741. The summed E-state index contributed by atoms with van der Waals surface area (Å²) in [5, 5.41) is 0. The van der Waals surface area contributed by atoms with Crippen molar-refractivity contribution in [3.8, 4) is 11.5 Å². The summed E-state index contributed by atoms with van der Waals surface area (Å²) < 4.78 is 21.9. The molecule has 0 aliphatic rings. The molecule has 0 aliphatic heterocycles. The Morgan fingerprint density at radius 1 is 0.676 bits per heavy atom. The lowest BCUT2D eigenvalue weighted by molar-refractivity contribution is -0.145. The lowest BCUT2D eigenvalue weighted by Gasteiger charge is -2.17. The van der Waals surface area contributed by atoms with Crippen LogP contribution in [0.15, 0.2) is 72.8 Å². The van der Waals surface area contributed by atoms with Crippen LogP contribution in [0.5, 0.6) is 11.5 Å². The Labute approximate surface area is 202 Å². The fraction of sp³-hybridized carbons (Fsp3) is 0.357. The number of ether oxygens (including phenoxy) is 4. The van der Waals surface area contributed by atoms with Crippen molar-refractivity contribution in [1.82, 2.24) is 0 Å². The maximum atomic E-state index is 11.6. The van der Waals surface area contributed by atoms with Crippen molar-refractivity contribution in [2.45, 2.75) is 52.7 Å². The van der Waals surface area contributed by atoms with Crippen LogP contribution in [0, 0.1) is 0 Å². The monoisotopic (exact) mass is 466 g/mol. The quantitative estimate of drug-likeness (QED) is 0.299. The molecule has 6 nitrogen and oxygen atoms in total. The van der Waals surface area contributed by atoms with Gasteiger partial charge in [0.15, 0.2) is 0 Å². The van der Waals surface area contributed by atoms with Gasteiger partial charge in [-0.3, -0.25) is 0 Å². The van der Waals surface area contributed by atoms with E-state index in [0.717, 1.165) is 11.1 Å². The minimum Gasteiger partial charge on any atom is -0.490 e. The highest BCUT2D eigenvalue weighted by Gasteiger charge is 2.13. The summed E-state index contributed by atoms with van der Waals surface area (Å²) in [4.78, 5) is 23.1. The Morgan fingerprint density at radius 3 is 1.29 bits per heavy atom. The predicted molar refractivity (Wildman–Crippen MR) is 132 cm³/mol. The molecule has 182 valence electrons. The third-order valence-electron chi connectivity index (χ3n) is 5.04. The standard InChI is InChI=1S/C28H34O6/c1-18(2)27(29)33-20(5)16-31-25-12-8-23(9-13-25)22(7)24-10-14-26(15-11-24)32-17-21(6)34-28(30)19(3)4/h8-15,20-22H,1,3,16-17H2,2,4-7H3. The largest absolute Gasteiger partial charge is 0.490 e. The average Bonchev–Trinajstić information content (AvgIpc) is 2.81. The van der Waals surface area contributed by atoms with Gasteiger partial charge in [-0.1, -0.05) is 44.3 Å². The number of benzene rings is 2. The van der Waals surface area contributed by atoms with E-state index in [1.807, 2.05) is 48.5 Å². The van der Waals surface area contributed by atoms with Crippen LogP contribution >= 0.6 is 0 Å². The van der Waals surface area contributed by atoms with Crippen molar-refractivity contribution in [3.63, 3.8) is 0 Å². The summed E-state index contributed by atoms with van der Waals surface area (Å²) in [5.74, 6) is 0.752. The van der Waals surface area contributed by atoms with Gasteiger partial charge in [-0.05, 0) is 63.1 Å². The first-order chi connectivity index (χ1) is 16.1. The lowest BCUT2D eigenvalue weighted by atomic mass is 9.93. The molecule has 0 amide bonds. The van der Waals surface area contributed by atoms with E-state index in [1.54, 1.807) is 27.7 Å². The van der Waals surface area contributed by atoms with E-state index in [1.165, 1.54) is 0 Å². The molecule has 2 aromatic rings. The first-order valence-corrected chi connectivity index (χ1v) is 11.2. The van der Waals surface area contributed by atoms with Gasteiger partial charge in [-0.15, -0.1) is 0 Å². The minimum atomic E-state index is -0.419. The molecule has 0 bridgehead atoms. The maximum absolute atomic E-state index is 11.6. The topological polar surface area (TPSA) is 71.1 Å². The van der Waals surface area contributed by atoms with Crippen LogP contribution in [0.25, 0.3) is 0 Å². The number of esters is 2. The van der Waals surface area contributed by atoms with E-state index in [0.29, 0.717) is 22.6 Å². The Balaban J connectivity index is 1.86. The highest BCUT2D eigenvalue weighted by molar-refractivity contribution is 5.87. The molecular weight excluding hydrogens is 432 g/mol. The van der Waals surface area contributed by atoms with E-state index >= 15 is 0 Å². The van der Waals surface area contributed by atoms with Gasteiger partial charge in [0.05, 0.1) is 0 Å². The number of rotatable bonds is 12. The normalized spacial score (nSPS) is 13.2. The van der Waals surface area contributed by atoms with Gasteiger partial charge in [0, 0.05) is 17.1 Å². The van der Waals surface area contributed by atoms with Crippen LogP contribution in [-0.4, -0.2) is 37.4 Å². The second kappa shape index (κ2) is 12.6. The zero-order valence-corrected chi connectivity index (χ0v) is 20.6. The van der Waals surface area contributed by atoms with Crippen LogP contribution in [0.4, 0.5) is 0 Å². The highest BCUT2D eigenvalue weighted by atomic mass is 16.6. The Bertz CT molecular complexity index is 909. The van der Waals surface area contributed by atoms with Gasteiger partial charge in [0.2, 0.25) is 0 Å². The highest BCUT2D eigenvalue weighted by Crippen LogP contribution is 2.27. The number of carbonyl (C=O) groups is 2. The molecule has 34 heavy (non-hydrogen) atoms. The van der Waals surface area contributed by atoms with Crippen molar-refractivity contribution in [2.24, 2.45) is 0 Å². The molecule has 0 aliphatic carbocycles. The Kier molecular flexibility index (Phi) is 9.92. The van der Waals surface area contributed by atoms with Gasteiger partial charge in [-0.2, -0.15) is 0 Å². The summed E-state index contributed by atoms with van der Waals surface area (Å²) in [6.45, 7) is 16.6. The third kappa shape index (κ3) is 8.43. The van der Waals surface area contributed by atoms with Gasteiger partial charge in [-0.25, -0.2) is 9.59 Å². The molecule has 2 aromatic carbocycles. The molecule has 0 radical (unpaired) electrons. The first kappa shape index (κ1) is 26.7. The number of carbonyl (C=O) groups excluding carboxylic acids is 2. The molecule has 2 unspecified atom stereocenters. The summed E-state index contributed by atoms with van der Waals surface area (Å²) in [6, 6.07) is 15.7. The summed E-state index contributed by atoms with van der Waals surface area (Å²) >= 11 is 0. The van der Waals surface area contributed by atoms with Crippen molar-refractivity contribution < 1.29 is 28.5 Å². The van der Waals surface area contributed by atoms with Gasteiger partial charge >= 0.3 is 11.9 Å². The fourth-order valence-electron chi connectivity index (χ4n) is 2.96. The number of hydrogen-bond donors (Lipinski definition) is 0. The van der Waals surface area contributed by atoms with E-state index in [2.05, 4.69) is 20.1 Å². The molecule has 0 saturated heterocycles. The Morgan fingerprint density at radius 2 is 1.00 bits per heavy atom. The maximum Gasteiger partial charge on any atom is 0.333 e. The van der Waals surface area contributed by atoms with E-state index < -0.39 is 11.9 Å². The molecule has 0 aromatic heterocycles. The molecule has 0 spiro atoms. The Hall–Kier alpha value is -3.54. The molecule has 0 heterocycles. The van der Waals surface area contributed by atoms with Crippen LogP contribution in [-0.2, 0) is 19.1 Å². The van der Waals surface area contributed by atoms with Crippen LogP contribution in [0.1, 0.15) is 51.7 Å². The van der Waals surface area contributed by atoms with Crippen molar-refractivity contribution in [3.05, 3.63) is 84.0 Å². The first-order valence-electron chi connectivity index (χ1n) is 11.2. The van der Waals surface area contributed by atoms with Crippen molar-refractivity contribution >= 4 is 11.9 Å². The molecule has 0 N–H and O–H groups in total. The van der Waals surface area contributed by atoms with E-state index in [9.17, 15) is 9.59 Å². The zero-order valence-electron chi connectivity index (χ0n) is 20.6. The molecule has 0 fully saturated rings. The molecular formula is C28H34O6. The van der Waals surface area contributed by atoms with Crippen LogP contribution < -0.4 is 9.47 Å². The zero-order chi connectivity index (χ0) is 25.3. The molecule has 0 saturated carbocycles. The molecule has 6 heteroatoms. The minimum absolute atomic E-state index is 0.175.